The molecule has 0 bridgehead atoms. The van der Waals surface area contributed by atoms with Gasteiger partial charge in [0, 0.05) is 24.8 Å². The summed E-state index contributed by atoms with van der Waals surface area (Å²) < 4.78 is 16.2. The summed E-state index contributed by atoms with van der Waals surface area (Å²) in [4.78, 5) is 12.7. The van der Waals surface area contributed by atoms with E-state index in [-0.39, 0.29) is 18.1 Å². The molecule has 1 fully saturated rings. The number of amides is 1. The molecule has 1 aliphatic rings. The second kappa shape index (κ2) is 8.14. The third-order valence-corrected chi connectivity index (χ3v) is 4.47. The number of hydrogen-bond acceptors (Lipinski definition) is 4. The molecule has 1 heterocycles. The van der Waals surface area contributed by atoms with Crippen molar-refractivity contribution in [3.8, 4) is 16.9 Å². The number of para-hydroxylation sites is 1. The molecule has 1 amide bonds. The fourth-order valence-electron chi connectivity index (χ4n) is 3.07. The largest absolute Gasteiger partial charge is 0.496 e. The molecule has 3 rings (SSSR count). The number of nitrogens with one attached hydrogen (secondary N) is 1. The van der Waals surface area contributed by atoms with Gasteiger partial charge < -0.3 is 19.5 Å². The Kier molecular flexibility index (Phi) is 5.68. The number of carbonyl (C=O) groups excluding carboxylic acids is 1. The first-order valence-electron chi connectivity index (χ1n) is 8.38. The van der Waals surface area contributed by atoms with Gasteiger partial charge in [-0.3, -0.25) is 4.79 Å². The van der Waals surface area contributed by atoms with Crippen LogP contribution in [0.5, 0.6) is 5.75 Å². The highest BCUT2D eigenvalue weighted by molar-refractivity contribution is 5.95. The molecular formula is C20H23NO4. The third-order valence-electron chi connectivity index (χ3n) is 4.47. The van der Waals surface area contributed by atoms with Crippen LogP contribution in [0.4, 0.5) is 0 Å². The standard InChI is InChI=1S/C20H23NO4/c1-23-18-9-4-3-8-16(18)14-6-5-7-15(12-14)20(22)21-17-10-11-25-13-19(17)24-2/h3-9,12,17,19H,10-11,13H2,1-2H3,(H,21,22). The van der Waals surface area contributed by atoms with Crippen molar-refractivity contribution in [1.82, 2.24) is 5.32 Å². The van der Waals surface area contributed by atoms with Crippen LogP contribution in [0, 0.1) is 0 Å². The molecule has 5 heteroatoms. The lowest BCUT2D eigenvalue weighted by Crippen LogP contribution is -2.49. The zero-order valence-corrected chi connectivity index (χ0v) is 14.5. The zero-order valence-electron chi connectivity index (χ0n) is 14.5. The highest BCUT2D eigenvalue weighted by atomic mass is 16.5. The number of ether oxygens (including phenoxy) is 3. The Hall–Kier alpha value is -2.37. The maximum Gasteiger partial charge on any atom is 0.251 e. The summed E-state index contributed by atoms with van der Waals surface area (Å²) >= 11 is 0. The van der Waals surface area contributed by atoms with Crippen LogP contribution in [0.15, 0.2) is 48.5 Å². The second-order valence-electron chi connectivity index (χ2n) is 6.00. The van der Waals surface area contributed by atoms with Gasteiger partial charge in [-0.2, -0.15) is 0 Å². The Balaban J connectivity index is 1.80. The van der Waals surface area contributed by atoms with Crippen molar-refractivity contribution in [3.05, 3.63) is 54.1 Å². The molecule has 0 spiro atoms. The van der Waals surface area contributed by atoms with Crippen LogP contribution in [-0.4, -0.2) is 45.5 Å². The van der Waals surface area contributed by atoms with Crippen LogP contribution in [0.3, 0.4) is 0 Å². The lowest BCUT2D eigenvalue weighted by atomic mass is 10.0. The van der Waals surface area contributed by atoms with Crippen LogP contribution < -0.4 is 10.1 Å². The van der Waals surface area contributed by atoms with Gasteiger partial charge in [-0.15, -0.1) is 0 Å². The molecule has 0 aliphatic carbocycles. The van der Waals surface area contributed by atoms with Gasteiger partial charge >= 0.3 is 0 Å². The van der Waals surface area contributed by atoms with Crippen molar-refractivity contribution in [1.29, 1.82) is 0 Å². The molecule has 2 aromatic carbocycles. The van der Waals surface area contributed by atoms with E-state index in [0.717, 1.165) is 23.3 Å². The highest BCUT2D eigenvalue weighted by Crippen LogP contribution is 2.30. The molecule has 5 nitrogen and oxygen atoms in total. The first-order valence-corrected chi connectivity index (χ1v) is 8.38. The van der Waals surface area contributed by atoms with Crippen molar-refractivity contribution in [2.75, 3.05) is 27.4 Å². The van der Waals surface area contributed by atoms with Gasteiger partial charge in [-0.1, -0.05) is 30.3 Å². The van der Waals surface area contributed by atoms with Gasteiger partial charge in [0.05, 0.1) is 19.8 Å². The minimum Gasteiger partial charge on any atom is -0.496 e. The van der Waals surface area contributed by atoms with E-state index in [1.54, 1.807) is 14.2 Å². The lowest BCUT2D eigenvalue weighted by molar-refractivity contribution is -0.0479. The monoisotopic (exact) mass is 341 g/mol. The number of benzene rings is 2. The summed E-state index contributed by atoms with van der Waals surface area (Å²) in [7, 11) is 3.28. The van der Waals surface area contributed by atoms with Crippen LogP contribution >= 0.6 is 0 Å². The van der Waals surface area contributed by atoms with E-state index in [9.17, 15) is 4.79 Å². The number of rotatable bonds is 5. The van der Waals surface area contributed by atoms with Gasteiger partial charge in [0.1, 0.15) is 11.9 Å². The second-order valence-corrected chi connectivity index (χ2v) is 6.00. The summed E-state index contributed by atoms with van der Waals surface area (Å²) in [5.41, 5.74) is 2.52. The van der Waals surface area contributed by atoms with Gasteiger partial charge in [0.2, 0.25) is 0 Å². The summed E-state index contributed by atoms with van der Waals surface area (Å²) in [6, 6.07) is 15.3. The first-order chi connectivity index (χ1) is 12.2. The van der Waals surface area contributed by atoms with Crippen LogP contribution in [0.2, 0.25) is 0 Å². The Morgan fingerprint density at radius 1 is 1.16 bits per heavy atom. The molecule has 1 saturated heterocycles. The minimum absolute atomic E-state index is 0.0406. The van der Waals surface area contributed by atoms with E-state index < -0.39 is 0 Å². The minimum atomic E-state index is -0.116. The Morgan fingerprint density at radius 3 is 2.80 bits per heavy atom. The Bertz CT molecular complexity index is 731. The number of methoxy groups -OCH3 is 2. The van der Waals surface area contributed by atoms with E-state index in [1.807, 2.05) is 48.5 Å². The predicted molar refractivity (Wildman–Crippen MR) is 95.9 cm³/mol. The molecule has 2 unspecified atom stereocenters. The van der Waals surface area contributed by atoms with Crippen LogP contribution in [0.25, 0.3) is 11.1 Å². The van der Waals surface area contributed by atoms with Crippen molar-refractivity contribution >= 4 is 5.91 Å². The average molecular weight is 341 g/mol. The molecule has 2 aromatic rings. The molecule has 0 aromatic heterocycles. The maximum atomic E-state index is 12.7. The van der Waals surface area contributed by atoms with E-state index in [0.29, 0.717) is 18.8 Å². The summed E-state index contributed by atoms with van der Waals surface area (Å²) in [6.07, 6.45) is 0.631. The molecule has 2 atom stereocenters. The smallest absolute Gasteiger partial charge is 0.251 e. The SMILES string of the molecule is COc1ccccc1-c1cccc(C(=O)NC2CCOCC2OC)c1. The van der Waals surface area contributed by atoms with E-state index >= 15 is 0 Å². The zero-order chi connectivity index (χ0) is 17.6. The average Bonchev–Trinajstić information content (AvgIpc) is 2.68. The number of carbonyl (C=O) groups is 1. The van der Waals surface area contributed by atoms with Gasteiger partial charge in [-0.05, 0) is 30.2 Å². The Labute approximate surface area is 147 Å². The highest BCUT2D eigenvalue weighted by Gasteiger charge is 2.27. The van der Waals surface area contributed by atoms with Crippen LogP contribution in [-0.2, 0) is 9.47 Å². The van der Waals surface area contributed by atoms with Gasteiger partial charge in [-0.25, -0.2) is 0 Å². The lowest BCUT2D eigenvalue weighted by Gasteiger charge is -2.31. The van der Waals surface area contributed by atoms with Crippen molar-refractivity contribution < 1.29 is 19.0 Å². The van der Waals surface area contributed by atoms with Crippen molar-refractivity contribution in [2.24, 2.45) is 0 Å². The molecule has 132 valence electrons. The third kappa shape index (κ3) is 4.00. The molecule has 0 saturated carbocycles. The summed E-state index contributed by atoms with van der Waals surface area (Å²) in [6.45, 7) is 1.13. The maximum absolute atomic E-state index is 12.7. The fraction of sp³-hybridized carbons (Fsp3) is 0.350. The molecule has 0 radical (unpaired) electrons. The van der Waals surface area contributed by atoms with Gasteiger partial charge in [0.15, 0.2) is 0 Å². The number of hydrogen-bond donors (Lipinski definition) is 1. The summed E-state index contributed by atoms with van der Waals surface area (Å²) in [5, 5.41) is 3.07. The van der Waals surface area contributed by atoms with Crippen molar-refractivity contribution in [2.45, 2.75) is 18.6 Å². The normalized spacial score (nSPS) is 20.1. The van der Waals surface area contributed by atoms with E-state index in [4.69, 9.17) is 14.2 Å². The molecule has 1 aliphatic heterocycles. The predicted octanol–water partition coefficient (Wildman–Crippen LogP) is 2.90. The topological polar surface area (TPSA) is 56.8 Å². The van der Waals surface area contributed by atoms with Crippen molar-refractivity contribution in [3.63, 3.8) is 0 Å². The molecule has 25 heavy (non-hydrogen) atoms. The van der Waals surface area contributed by atoms with Gasteiger partial charge in [0.25, 0.3) is 5.91 Å². The molecular weight excluding hydrogens is 318 g/mol. The van der Waals surface area contributed by atoms with E-state index in [1.165, 1.54) is 0 Å². The quantitative estimate of drug-likeness (QED) is 0.908. The van der Waals surface area contributed by atoms with Crippen LogP contribution in [0.1, 0.15) is 16.8 Å². The van der Waals surface area contributed by atoms with E-state index in [2.05, 4.69) is 5.32 Å². The Morgan fingerprint density at radius 2 is 2.00 bits per heavy atom. The fourth-order valence-corrected chi connectivity index (χ4v) is 3.07. The molecule has 1 N–H and O–H groups in total. The summed E-state index contributed by atoms with van der Waals surface area (Å²) in [5.74, 6) is 0.676. The first kappa shape index (κ1) is 17.5.